The fraction of sp³-hybridized carbons (Fsp3) is 0.867. The van der Waals surface area contributed by atoms with Crippen molar-refractivity contribution in [1.82, 2.24) is 9.80 Å². The number of amides is 1. The van der Waals surface area contributed by atoms with Gasteiger partial charge in [0.2, 0.25) is 5.91 Å². The largest absolute Gasteiger partial charge is 0.465 e. The van der Waals surface area contributed by atoms with E-state index in [1.165, 1.54) is 0 Å². The van der Waals surface area contributed by atoms with Gasteiger partial charge in [0.1, 0.15) is 6.04 Å². The summed E-state index contributed by atoms with van der Waals surface area (Å²) in [6.07, 6.45) is 1.81. The minimum Gasteiger partial charge on any atom is -0.465 e. The Morgan fingerprint density at radius 3 is 2.76 bits per heavy atom. The second kappa shape index (κ2) is 9.00. The van der Waals surface area contributed by atoms with Crippen LogP contribution in [0, 0.1) is 5.92 Å². The zero-order valence-corrected chi connectivity index (χ0v) is 13.6. The summed E-state index contributed by atoms with van der Waals surface area (Å²) < 4.78 is 10.1. The molecule has 0 N–H and O–H groups in total. The van der Waals surface area contributed by atoms with E-state index in [0.717, 1.165) is 19.4 Å². The molecule has 0 bridgehead atoms. The Bertz CT molecular complexity index is 349. The van der Waals surface area contributed by atoms with E-state index in [-0.39, 0.29) is 23.8 Å². The lowest BCUT2D eigenvalue weighted by Crippen LogP contribution is -2.49. The summed E-state index contributed by atoms with van der Waals surface area (Å²) in [4.78, 5) is 28.0. The van der Waals surface area contributed by atoms with Gasteiger partial charge in [0.25, 0.3) is 0 Å². The van der Waals surface area contributed by atoms with Gasteiger partial charge in [-0.3, -0.25) is 14.5 Å². The molecule has 1 heterocycles. The van der Waals surface area contributed by atoms with Crippen LogP contribution >= 0.6 is 0 Å². The van der Waals surface area contributed by atoms with Crippen molar-refractivity contribution in [2.24, 2.45) is 5.92 Å². The first kappa shape index (κ1) is 17.9. The Labute approximate surface area is 127 Å². The number of hydrogen-bond acceptors (Lipinski definition) is 5. The Kier molecular flexibility index (Phi) is 7.67. The molecule has 6 nitrogen and oxygen atoms in total. The lowest BCUT2D eigenvalue weighted by Gasteiger charge is -2.36. The second-order valence-corrected chi connectivity index (χ2v) is 5.51. The van der Waals surface area contributed by atoms with E-state index < -0.39 is 0 Å². The molecule has 0 aromatic carbocycles. The van der Waals surface area contributed by atoms with Crippen LogP contribution in [0.15, 0.2) is 0 Å². The van der Waals surface area contributed by atoms with Crippen molar-refractivity contribution in [2.75, 3.05) is 47.0 Å². The molecule has 6 heteroatoms. The van der Waals surface area contributed by atoms with E-state index in [2.05, 4.69) is 0 Å². The smallest absolute Gasteiger partial charge is 0.323 e. The molecule has 0 aromatic rings. The second-order valence-electron chi connectivity index (χ2n) is 5.51. The van der Waals surface area contributed by atoms with Gasteiger partial charge in [0.05, 0.1) is 19.1 Å². The van der Waals surface area contributed by atoms with Crippen molar-refractivity contribution >= 4 is 11.9 Å². The quantitative estimate of drug-likeness (QED) is 0.650. The summed E-state index contributed by atoms with van der Waals surface area (Å²) >= 11 is 0. The summed E-state index contributed by atoms with van der Waals surface area (Å²) in [6, 6.07) is -0.287. The first-order valence-corrected chi connectivity index (χ1v) is 7.65. The van der Waals surface area contributed by atoms with Crippen LogP contribution in [0.4, 0.5) is 0 Å². The molecular formula is C15H28N2O4. The van der Waals surface area contributed by atoms with Crippen LogP contribution in [-0.2, 0) is 19.1 Å². The van der Waals surface area contributed by atoms with Crippen molar-refractivity contribution in [2.45, 2.75) is 32.7 Å². The van der Waals surface area contributed by atoms with Gasteiger partial charge in [-0.2, -0.15) is 0 Å². The van der Waals surface area contributed by atoms with Gasteiger partial charge in [-0.1, -0.05) is 0 Å². The van der Waals surface area contributed by atoms with Gasteiger partial charge in [-0.15, -0.1) is 0 Å². The highest BCUT2D eigenvalue weighted by atomic mass is 16.5. The fourth-order valence-electron chi connectivity index (χ4n) is 2.62. The summed E-state index contributed by atoms with van der Waals surface area (Å²) in [5, 5.41) is 0. The third-order valence-corrected chi connectivity index (χ3v) is 3.98. The van der Waals surface area contributed by atoms with Crippen LogP contribution in [0.25, 0.3) is 0 Å². The highest BCUT2D eigenvalue weighted by Gasteiger charge is 2.32. The maximum absolute atomic E-state index is 12.4. The number of nitrogens with zero attached hydrogens (tertiary/aromatic N) is 2. The van der Waals surface area contributed by atoms with Crippen LogP contribution in [0.2, 0.25) is 0 Å². The first-order valence-electron chi connectivity index (χ1n) is 7.65. The van der Waals surface area contributed by atoms with Crippen LogP contribution in [0.3, 0.4) is 0 Å². The predicted octanol–water partition coefficient (Wildman–Crippen LogP) is 0.755. The fourth-order valence-corrected chi connectivity index (χ4v) is 2.62. The average molecular weight is 300 g/mol. The summed E-state index contributed by atoms with van der Waals surface area (Å²) in [7, 11) is 3.43. The zero-order valence-electron chi connectivity index (χ0n) is 13.6. The highest BCUT2D eigenvalue weighted by Crippen LogP contribution is 2.20. The normalized spacial score (nSPS) is 20.9. The van der Waals surface area contributed by atoms with Gasteiger partial charge in [0, 0.05) is 27.2 Å². The Morgan fingerprint density at radius 1 is 1.43 bits per heavy atom. The molecule has 1 amide bonds. The molecule has 122 valence electrons. The van der Waals surface area contributed by atoms with E-state index in [0.29, 0.717) is 26.3 Å². The van der Waals surface area contributed by atoms with E-state index >= 15 is 0 Å². The summed E-state index contributed by atoms with van der Waals surface area (Å²) in [6.45, 7) is 6.63. The molecule has 1 rings (SSSR count). The number of esters is 1. The molecular weight excluding hydrogens is 272 g/mol. The molecule has 0 unspecified atom stereocenters. The maximum Gasteiger partial charge on any atom is 0.323 e. The van der Waals surface area contributed by atoms with Crippen molar-refractivity contribution in [3.8, 4) is 0 Å². The van der Waals surface area contributed by atoms with E-state index in [4.69, 9.17) is 9.47 Å². The number of rotatable bonds is 7. The zero-order chi connectivity index (χ0) is 15.8. The van der Waals surface area contributed by atoms with Crippen LogP contribution in [-0.4, -0.2) is 74.7 Å². The number of hydrogen-bond donors (Lipinski definition) is 0. The monoisotopic (exact) mass is 300 g/mol. The minimum atomic E-state index is -0.287. The molecule has 0 radical (unpaired) electrons. The number of piperidine rings is 1. The van der Waals surface area contributed by atoms with Gasteiger partial charge in [0.15, 0.2) is 0 Å². The van der Waals surface area contributed by atoms with Gasteiger partial charge >= 0.3 is 5.97 Å². The minimum absolute atomic E-state index is 0.0440. The van der Waals surface area contributed by atoms with E-state index in [1.54, 1.807) is 26.0 Å². The van der Waals surface area contributed by atoms with Gasteiger partial charge < -0.3 is 14.4 Å². The average Bonchev–Trinajstić information content (AvgIpc) is 2.51. The molecule has 2 atom stereocenters. The third-order valence-electron chi connectivity index (χ3n) is 3.98. The van der Waals surface area contributed by atoms with Crippen LogP contribution < -0.4 is 0 Å². The topological polar surface area (TPSA) is 59.1 Å². The molecule has 1 aliphatic rings. The SMILES string of the molecule is CCOC(=O)[C@@H](C)N1CCC[C@H](C(=O)N(C)CCOC)C1. The van der Waals surface area contributed by atoms with Gasteiger partial charge in [-0.05, 0) is 33.2 Å². The number of carbonyl (C=O) groups excluding carboxylic acids is 2. The molecule has 0 saturated carbocycles. The van der Waals surface area contributed by atoms with Gasteiger partial charge in [-0.25, -0.2) is 0 Å². The maximum atomic E-state index is 12.4. The lowest BCUT2D eigenvalue weighted by molar-refractivity contribution is -0.151. The highest BCUT2D eigenvalue weighted by molar-refractivity contribution is 5.79. The Balaban J connectivity index is 2.55. The van der Waals surface area contributed by atoms with Crippen molar-refractivity contribution in [1.29, 1.82) is 0 Å². The third kappa shape index (κ3) is 5.28. The molecule has 21 heavy (non-hydrogen) atoms. The van der Waals surface area contributed by atoms with E-state index in [1.807, 2.05) is 11.8 Å². The van der Waals surface area contributed by atoms with E-state index in [9.17, 15) is 9.59 Å². The summed E-state index contributed by atoms with van der Waals surface area (Å²) in [5.41, 5.74) is 0. The summed E-state index contributed by atoms with van der Waals surface area (Å²) in [5.74, 6) is -0.122. The lowest BCUT2D eigenvalue weighted by atomic mass is 9.95. The van der Waals surface area contributed by atoms with Crippen molar-refractivity contribution in [3.63, 3.8) is 0 Å². The number of likely N-dealkylation sites (N-methyl/N-ethyl adjacent to an activating group) is 1. The Hall–Kier alpha value is -1.14. The number of likely N-dealkylation sites (tertiary alicyclic amines) is 1. The molecule has 0 aliphatic carbocycles. The predicted molar refractivity (Wildman–Crippen MR) is 79.9 cm³/mol. The van der Waals surface area contributed by atoms with Crippen molar-refractivity contribution in [3.05, 3.63) is 0 Å². The molecule has 1 saturated heterocycles. The Morgan fingerprint density at radius 2 is 2.14 bits per heavy atom. The molecule has 0 spiro atoms. The van der Waals surface area contributed by atoms with Crippen LogP contribution in [0.1, 0.15) is 26.7 Å². The van der Waals surface area contributed by atoms with Crippen molar-refractivity contribution < 1.29 is 19.1 Å². The molecule has 0 aromatic heterocycles. The standard InChI is InChI=1S/C15H28N2O4/c1-5-21-15(19)12(2)17-8-6-7-13(11-17)14(18)16(3)9-10-20-4/h12-13H,5-11H2,1-4H3/t12-,13+/m1/s1. The number of methoxy groups -OCH3 is 1. The number of ether oxygens (including phenoxy) is 2. The molecule has 1 fully saturated rings. The number of carbonyl (C=O) groups is 2. The first-order chi connectivity index (χ1) is 10.0. The molecule has 1 aliphatic heterocycles. The van der Waals surface area contributed by atoms with Crippen LogP contribution in [0.5, 0.6) is 0 Å².